The second kappa shape index (κ2) is 6.44. The van der Waals surface area contributed by atoms with Crippen molar-refractivity contribution in [2.75, 3.05) is 14.2 Å². The van der Waals surface area contributed by atoms with Gasteiger partial charge >= 0.3 is 11.9 Å². The quantitative estimate of drug-likeness (QED) is 0.690. The molecule has 0 aromatic rings. The van der Waals surface area contributed by atoms with Gasteiger partial charge in [0.15, 0.2) is 11.2 Å². The van der Waals surface area contributed by atoms with Crippen LogP contribution in [-0.2, 0) is 19.1 Å². The molecule has 0 aromatic heterocycles. The second-order valence-electron chi connectivity index (χ2n) is 4.07. The summed E-state index contributed by atoms with van der Waals surface area (Å²) in [7, 11) is 2.61. The number of hydrogen-bond donors (Lipinski definition) is 2. The van der Waals surface area contributed by atoms with Crippen molar-refractivity contribution in [1.29, 1.82) is 0 Å². The predicted molar refractivity (Wildman–Crippen MR) is 57.0 cm³/mol. The third kappa shape index (κ3) is 7.19. The SMILES string of the molecule is COC(=O)C(C)(C)O.COC(C)(C)C(=O)O. The first-order valence-electron chi connectivity index (χ1n) is 4.58. The van der Waals surface area contributed by atoms with E-state index >= 15 is 0 Å². The first-order chi connectivity index (χ1) is 6.99. The standard InChI is InChI=1S/2C5H10O3/c1-5(2,7)4(6)8-3;1-5(2,8-3)4(6)7/h7H,1-3H3;1-3H3,(H,6,7). The van der Waals surface area contributed by atoms with Crippen LogP contribution in [0.4, 0.5) is 0 Å². The van der Waals surface area contributed by atoms with Crippen LogP contribution in [0.15, 0.2) is 0 Å². The summed E-state index contributed by atoms with van der Waals surface area (Å²) >= 11 is 0. The van der Waals surface area contributed by atoms with Gasteiger partial charge in [0, 0.05) is 7.11 Å². The minimum absolute atomic E-state index is 0.613. The number of carboxylic acids is 1. The largest absolute Gasteiger partial charge is 0.479 e. The van der Waals surface area contributed by atoms with Crippen LogP contribution in [0, 0.1) is 0 Å². The minimum atomic E-state index is -1.35. The van der Waals surface area contributed by atoms with E-state index < -0.39 is 23.1 Å². The van der Waals surface area contributed by atoms with Crippen LogP contribution < -0.4 is 0 Å². The van der Waals surface area contributed by atoms with E-state index in [9.17, 15) is 9.59 Å². The number of carbonyl (C=O) groups excluding carboxylic acids is 1. The number of ether oxygens (including phenoxy) is 2. The molecule has 0 spiro atoms. The van der Waals surface area contributed by atoms with Gasteiger partial charge < -0.3 is 19.7 Å². The van der Waals surface area contributed by atoms with Gasteiger partial charge in [-0.05, 0) is 27.7 Å². The molecule has 0 aliphatic carbocycles. The molecule has 16 heavy (non-hydrogen) atoms. The lowest BCUT2D eigenvalue weighted by molar-refractivity contribution is -0.158. The second-order valence-corrected chi connectivity index (χ2v) is 4.07. The van der Waals surface area contributed by atoms with Crippen LogP contribution in [0.5, 0.6) is 0 Å². The molecule has 96 valence electrons. The first-order valence-corrected chi connectivity index (χ1v) is 4.58. The van der Waals surface area contributed by atoms with E-state index in [0.717, 1.165) is 0 Å². The number of carboxylic acid groups (broad SMARTS) is 1. The summed E-state index contributed by atoms with van der Waals surface area (Å²) in [6.45, 7) is 5.74. The molecular formula is C10H20O6. The van der Waals surface area contributed by atoms with Gasteiger partial charge in [-0.2, -0.15) is 0 Å². The maximum Gasteiger partial charge on any atom is 0.337 e. The maximum atomic E-state index is 10.4. The molecule has 0 radical (unpaired) electrons. The van der Waals surface area contributed by atoms with Crippen molar-refractivity contribution in [3.63, 3.8) is 0 Å². The Kier molecular flexibility index (Phi) is 6.95. The Morgan fingerprint density at radius 1 is 1.06 bits per heavy atom. The average molecular weight is 236 g/mol. The van der Waals surface area contributed by atoms with E-state index in [2.05, 4.69) is 9.47 Å². The number of rotatable bonds is 3. The van der Waals surface area contributed by atoms with E-state index in [-0.39, 0.29) is 0 Å². The zero-order valence-corrected chi connectivity index (χ0v) is 10.5. The molecule has 0 aliphatic rings. The molecule has 0 unspecified atom stereocenters. The van der Waals surface area contributed by atoms with E-state index in [0.29, 0.717) is 0 Å². The van der Waals surface area contributed by atoms with Crippen molar-refractivity contribution < 1.29 is 29.3 Å². The molecular weight excluding hydrogens is 216 g/mol. The summed E-state index contributed by atoms with van der Waals surface area (Å²) in [5, 5.41) is 17.1. The molecule has 6 heteroatoms. The van der Waals surface area contributed by atoms with Crippen LogP contribution >= 0.6 is 0 Å². The van der Waals surface area contributed by atoms with Gasteiger partial charge in [0.25, 0.3) is 0 Å². The Balaban J connectivity index is 0. The third-order valence-electron chi connectivity index (χ3n) is 1.71. The van der Waals surface area contributed by atoms with Gasteiger partial charge in [-0.3, -0.25) is 0 Å². The molecule has 0 atom stereocenters. The first kappa shape index (κ1) is 17.3. The highest BCUT2D eigenvalue weighted by Crippen LogP contribution is 2.05. The summed E-state index contributed by atoms with van der Waals surface area (Å²) in [5.74, 6) is -1.56. The lowest BCUT2D eigenvalue weighted by atomic mass is 10.1. The normalized spacial score (nSPS) is 11.2. The fourth-order valence-corrected chi connectivity index (χ4v) is 0.337. The topological polar surface area (TPSA) is 93.1 Å². The van der Waals surface area contributed by atoms with Crippen LogP contribution in [0.2, 0.25) is 0 Å². The van der Waals surface area contributed by atoms with Crippen LogP contribution in [0.3, 0.4) is 0 Å². The monoisotopic (exact) mass is 236 g/mol. The summed E-state index contributed by atoms with van der Waals surface area (Å²) in [6.07, 6.45) is 0. The van der Waals surface area contributed by atoms with Gasteiger partial charge in [-0.25, -0.2) is 9.59 Å². The molecule has 0 heterocycles. The number of aliphatic carboxylic acids is 1. The number of methoxy groups -OCH3 is 2. The molecule has 0 saturated heterocycles. The minimum Gasteiger partial charge on any atom is -0.479 e. The zero-order valence-electron chi connectivity index (χ0n) is 10.5. The van der Waals surface area contributed by atoms with Crippen molar-refractivity contribution in [3.05, 3.63) is 0 Å². The fraction of sp³-hybridized carbons (Fsp3) is 0.800. The van der Waals surface area contributed by atoms with Crippen molar-refractivity contribution in [2.45, 2.75) is 38.9 Å². The lowest BCUT2D eigenvalue weighted by Crippen LogP contribution is -2.33. The Labute approximate surface area is 95.2 Å². The highest BCUT2D eigenvalue weighted by atomic mass is 16.5. The summed E-state index contributed by atoms with van der Waals surface area (Å²) in [5.41, 5.74) is -2.39. The molecule has 0 aliphatic heterocycles. The fourth-order valence-electron chi connectivity index (χ4n) is 0.337. The van der Waals surface area contributed by atoms with Gasteiger partial charge in [0.1, 0.15) is 0 Å². The van der Waals surface area contributed by atoms with Crippen LogP contribution in [0.25, 0.3) is 0 Å². The summed E-state index contributed by atoms with van der Waals surface area (Å²) in [6, 6.07) is 0. The molecule has 0 bridgehead atoms. The summed E-state index contributed by atoms with van der Waals surface area (Å²) in [4.78, 5) is 20.5. The van der Waals surface area contributed by atoms with E-state index in [1.807, 2.05) is 0 Å². The van der Waals surface area contributed by atoms with Gasteiger partial charge in [0.05, 0.1) is 7.11 Å². The highest BCUT2D eigenvalue weighted by Gasteiger charge is 2.25. The highest BCUT2D eigenvalue weighted by molar-refractivity contribution is 5.77. The molecule has 2 N–H and O–H groups in total. The Morgan fingerprint density at radius 2 is 1.44 bits per heavy atom. The van der Waals surface area contributed by atoms with Crippen LogP contribution in [-0.4, -0.2) is 47.6 Å². The number of aliphatic hydroxyl groups is 1. The average Bonchev–Trinajstić information content (AvgIpc) is 2.15. The van der Waals surface area contributed by atoms with Crippen molar-refractivity contribution in [2.24, 2.45) is 0 Å². The summed E-state index contributed by atoms with van der Waals surface area (Å²) < 4.78 is 8.83. The molecule has 0 aromatic carbocycles. The molecule has 0 saturated carbocycles. The van der Waals surface area contributed by atoms with E-state index in [1.165, 1.54) is 41.9 Å². The maximum absolute atomic E-state index is 10.4. The number of esters is 1. The molecule has 0 fully saturated rings. The predicted octanol–water partition coefficient (Wildman–Crippen LogP) is 0.426. The van der Waals surface area contributed by atoms with Gasteiger partial charge in [-0.1, -0.05) is 0 Å². The number of hydrogen-bond acceptors (Lipinski definition) is 5. The van der Waals surface area contributed by atoms with Crippen molar-refractivity contribution >= 4 is 11.9 Å². The molecule has 0 rings (SSSR count). The van der Waals surface area contributed by atoms with Crippen molar-refractivity contribution in [1.82, 2.24) is 0 Å². The Morgan fingerprint density at radius 3 is 1.44 bits per heavy atom. The van der Waals surface area contributed by atoms with Crippen LogP contribution in [0.1, 0.15) is 27.7 Å². The Bertz CT molecular complexity index is 238. The lowest BCUT2D eigenvalue weighted by Gasteiger charge is -2.15. The molecule has 0 amide bonds. The van der Waals surface area contributed by atoms with E-state index in [4.69, 9.17) is 10.2 Å². The van der Waals surface area contributed by atoms with Gasteiger partial charge in [-0.15, -0.1) is 0 Å². The zero-order chi connectivity index (χ0) is 13.6. The van der Waals surface area contributed by atoms with Gasteiger partial charge in [0.2, 0.25) is 0 Å². The molecule has 6 nitrogen and oxygen atoms in total. The smallest absolute Gasteiger partial charge is 0.337 e. The van der Waals surface area contributed by atoms with E-state index in [1.54, 1.807) is 0 Å². The Hall–Kier alpha value is -1.14. The third-order valence-corrected chi connectivity index (χ3v) is 1.71. The van der Waals surface area contributed by atoms with Crippen molar-refractivity contribution in [3.8, 4) is 0 Å². The number of carbonyl (C=O) groups is 2.